The second kappa shape index (κ2) is 2.56. The first-order valence-corrected chi connectivity index (χ1v) is 4.59. The summed E-state index contributed by atoms with van der Waals surface area (Å²) in [6.45, 7) is 9.51. The van der Waals surface area contributed by atoms with E-state index in [2.05, 4.69) is 27.7 Å². The monoisotopic (exact) mass is 140 g/mol. The molecule has 0 heterocycles. The van der Waals surface area contributed by atoms with Crippen molar-refractivity contribution in [2.45, 2.75) is 47.0 Å². The lowest BCUT2D eigenvalue weighted by Gasteiger charge is -2.51. The summed E-state index contributed by atoms with van der Waals surface area (Å²) in [6, 6.07) is 0. The highest BCUT2D eigenvalue weighted by Gasteiger charge is 2.43. The van der Waals surface area contributed by atoms with E-state index < -0.39 is 0 Å². The van der Waals surface area contributed by atoms with Gasteiger partial charge in [0.15, 0.2) is 0 Å². The Morgan fingerprint density at radius 1 is 1.40 bits per heavy atom. The first-order chi connectivity index (χ1) is 4.59. The molecule has 1 aliphatic carbocycles. The summed E-state index contributed by atoms with van der Waals surface area (Å²) in [5, 5.41) is 0. The fourth-order valence-electron chi connectivity index (χ4n) is 2.11. The minimum Gasteiger partial charge on any atom is -0.0654 e. The van der Waals surface area contributed by atoms with Gasteiger partial charge >= 0.3 is 0 Å². The highest BCUT2D eigenvalue weighted by Crippen LogP contribution is 2.52. The van der Waals surface area contributed by atoms with Crippen LogP contribution in [0, 0.1) is 17.3 Å². The lowest BCUT2D eigenvalue weighted by atomic mass is 9.54. The normalized spacial score (nSPS) is 37.2. The van der Waals surface area contributed by atoms with Gasteiger partial charge < -0.3 is 0 Å². The Kier molecular flexibility index (Phi) is 2.07. The van der Waals surface area contributed by atoms with Crippen LogP contribution >= 0.6 is 0 Å². The van der Waals surface area contributed by atoms with Crippen LogP contribution in [0.3, 0.4) is 0 Å². The highest BCUT2D eigenvalue weighted by molar-refractivity contribution is 4.93. The number of hydrogen-bond acceptors (Lipinski definition) is 0. The van der Waals surface area contributed by atoms with Crippen LogP contribution in [0.5, 0.6) is 0 Å². The summed E-state index contributed by atoms with van der Waals surface area (Å²) < 4.78 is 0. The van der Waals surface area contributed by atoms with Crippen molar-refractivity contribution in [1.29, 1.82) is 0 Å². The molecule has 1 saturated carbocycles. The van der Waals surface area contributed by atoms with Crippen molar-refractivity contribution in [3.63, 3.8) is 0 Å². The van der Waals surface area contributed by atoms with Crippen LogP contribution in [-0.2, 0) is 0 Å². The van der Waals surface area contributed by atoms with Gasteiger partial charge in [0.1, 0.15) is 0 Å². The van der Waals surface area contributed by atoms with Gasteiger partial charge in [-0.25, -0.2) is 0 Å². The van der Waals surface area contributed by atoms with Crippen molar-refractivity contribution in [3.05, 3.63) is 0 Å². The van der Waals surface area contributed by atoms with Crippen molar-refractivity contribution >= 4 is 0 Å². The molecule has 0 aromatic rings. The van der Waals surface area contributed by atoms with Crippen molar-refractivity contribution < 1.29 is 0 Å². The van der Waals surface area contributed by atoms with Gasteiger partial charge in [0.25, 0.3) is 0 Å². The molecule has 0 aliphatic heterocycles. The van der Waals surface area contributed by atoms with Crippen molar-refractivity contribution in [1.82, 2.24) is 0 Å². The van der Waals surface area contributed by atoms with Crippen LogP contribution in [0.2, 0.25) is 0 Å². The van der Waals surface area contributed by atoms with Gasteiger partial charge in [0, 0.05) is 0 Å². The maximum atomic E-state index is 2.42. The molecule has 0 aromatic heterocycles. The van der Waals surface area contributed by atoms with E-state index in [0.717, 1.165) is 11.8 Å². The van der Waals surface area contributed by atoms with Crippen molar-refractivity contribution in [2.75, 3.05) is 0 Å². The molecular formula is C10H20. The van der Waals surface area contributed by atoms with Crippen LogP contribution in [0.25, 0.3) is 0 Å². The summed E-state index contributed by atoms with van der Waals surface area (Å²) in [6.07, 6.45) is 4.28. The molecule has 10 heavy (non-hydrogen) atoms. The Bertz CT molecular complexity index is 111. The van der Waals surface area contributed by atoms with Gasteiger partial charge in [-0.15, -0.1) is 0 Å². The molecule has 0 radical (unpaired) electrons. The van der Waals surface area contributed by atoms with Crippen LogP contribution in [0.4, 0.5) is 0 Å². The van der Waals surface area contributed by atoms with Crippen LogP contribution in [0.15, 0.2) is 0 Å². The van der Waals surface area contributed by atoms with Gasteiger partial charge in [-0.1, -0.05) is 40.5 Å². The molecule has 0 heteroatoms. The van der Waals surface area contributed by atoms with E-state index in [1.54, 1.807) is 0 Å². The zero-order valence-electron chi connectivity index (χ0n) is 7.78. The molecule has 0 bridgehead atoms. The van der Waals surface area contributed by atoms with Crippen LogP contribution in [0.1, 0.15) is 47.0 Å². The predicted octanol–water partition coefficient (Wildman–Crippen LogP) is 3.47. The fourth-order valence-corrected chi connectivity index (χ4v) is 2.11. The molecule has 2 unspecified atom stereocenters. The maximum absolute atomic E-state index is 2.42. The summed E-state index contributed by atoms with van der Waals surface area (Å²) in [5.41, 5.74) is 0.649. The molecule has 1 aliphatic rings. The smallest absolute Gasteiger partial charge is 0.0300 e. The van der Waals surface area contributed by atoms with E-state index in [0.29, 0.717) is 5.41 Å². The molecule has 0 spiro atoms. The van der Waals surface area contributed by atoms with E-state index in [9.17, 15) is 0 Å². The first-order valence-electron chi connectivity index (χ1n) is 4.59. The Hall–Kier alpha value is 0. The van der Waals surface area contributed by atoms with Crippen LogP contribution < -0.4 is 0 Å². The fraction of sp³-hybridized carbons (Fsp3) is 1.00. The molecule has 0 aromatic carbocycles. The molecule has 1 fully saturated rings. The average Bonchev–Trinajstić information content (AvgIpc) is 1.88. The van der Waals surface area contributed by atoms with Crippen molar-refractivity contribution in [2.24, 2.45) is 17.3 Å². The second-order valence-corrected chi connectivity index (χ2v) is 4.44. The summed E-state index contributed by atoms with van der Waals surface area (Å²) >= 11 is 0. The Balaban J connectivity index is 2.39. The SMILES string of the molecule is CCCC1CC(C)C1(C)C. The third-order valence-corrected chi connectivity index (χ3v) is 3.60. The predicted molar refractivity (Wildman–Crippen MR) is 46.0 cm³/mol. The molecule has 2 atom stereocenters. The van der Waals surface area contributed by atoms with Gasteiger partial charge in [-0.05, 0) is 23.7 Å². The highest BCUT2D eigenvalue weighted by atomic mass is 14.5. The topological polar surface area (TPSA) is 0 Å². The lowest BCUT2D eigenvalue weighted by molar-refractivity contribution is -0.0134. The molecule has 0 N–H and O–H groups in total. The average molecular weight is 140 g/mol. The Morgan fingerprint density at radius 2 is 2.00 bits per heavy atom. The third-order valence-electron chi connectivity index (χ3n) is 3.60. The summed E-state index contributed by atoms with van der Waals surface area (Å²) in [7, 11) is 0. The van der Waals surface area contributed by atoms with Gasteiger partial charge in [0.2, 0.25) is 0 Å². The molecule has 1 rings (SSSR count). The third kappa shape index (κ3) is 1.09. The van der Waals surface area contributed by atoms with Gasteiger partial charge in [-0.2, -0.15) is 0 Å². The zero-order valence-corrected chi connectivity index (χ0v) is 7.78. The molecule has 0 amide bonds. The summed E-state index contributed by atoms with van der Waals surface area (Å²) in [5.74, 6) is 1.98. The van der Waals surface area contributed by atoms with E-state index >= 15 is 0 Å². The second-order valence-electron chi connectivity index (χ2n) is 4.44. The molecule has 0 nitrogen and oxygen atoms in total. The maximum Gasteiger partial charge on any atom is -0.0300 e. The van der Waals surface area contributed by atoms with E-state index in [-0.39, 0.29) is 0 Å². The standard InChI is InChI=1S/C10H20/c1-5-6-9-7-8(2)10(9,3)4/h8-9H,5-7H2,1-4H3. The van der Waals surface area contributed by atoms with E-state index in [4.69, 9.17) is 0 Å². The Morgan fingerprint density at radius 3 is 2.30 bits per heavy atom. The number of rotatable bonds is 2. The Labute approximate surface area is 65.0 Å². The minimum absolute atomic E-state index is 0.649. The van der Waals surface area contributed by atoms with E-state index in [1.165, 1.54) is 19.3 Å². The van der Waals surface area contributed by atoms with E-state index in [1.807, 2.05) is 0 Å². The largest absolute Gasteiger partial charge is 0.0654 e. The van der Waals surface area contributed by atoms with Gasteiger partial charge in [-0.3, -0.25) is 0 Å². The first kappa shape index (κ1) is 8.10. The minimum atomic E-state index is 0.649. The molecular weight excluding hydrogens is 120 g/mol. The summed E-state index contributed by atoms with van der Waals surface area (Å²) in [4.78, 5) is 0. The van der Waals surface area contributed by atoms with Crippen molar-refractivity contribution in [3.8, 4) is 0 Å². The van der Waals surface area contributed by atoms with Gasteiger partial charge in [0.05, 0.1) is 0 Å². The molecule has 0 saturated heterocycles. The molecule has 60 valence electrons. The van der Waals surface area contributed by atoms with Crippen LogP contribution in [-0.4, -0.2) is 0 Å². The zero-order chi connectivity index (χ0) is 7.78. The lowest BCUT2D eigenvalue weighted by Crippen LogP contribution is -2.42. The number of hydrogen-bond donors (Lipinski definition) is 0. The quantitative estimate of drug-likeness (QED) is 0.551.